The molecule has 0 saturated carbocycles. The Morgan fingerprint density at radius 2 is 1.55 bits per heavy atom. The Hall–Kier alpha value is -1.80. The summed E-state index contributed by atoms with van der Waals surface area (Å²) in [5, 5.41) is 9.71. The lowest BCUT2D eigenvalue weighted by Crippen LogP contribution is -2.27. The van der Waals surface area contributed by atoms with Crippen LogP contribution in [0.1, 0.15) is 31.4 Å². The maximum atomic E-state index is 9.71. The Morgan fingerprint density at radius 3 is 2.15 bits per heavy atom. The van der Waals surface area contributed by atoms with Gasteiger partial charge >= 0.3 is 0 Å². The van der Waals surface area contributed by atoms with E-state index in [2.05, 4.69) is 36.4 Å². The molecule has 2 atom stereocenters. The second kappa shape index (κ2) is 7.11. The zero-order valence-corrected chi connectivity index (χ0v) is 12.1. The first-order valence-corrected chi connectivity index (χ1v) is 7.16. The Balaban J connectivity index is 1.96. The average molecular weight is 270 g/mol. The predicted octanol–water partition coefficient (Wildman–Crippen LogP) is 3.82. The van der Waals surface area contributed by atoms with Gasteiger partial charge in [-0.25, -0.2) is 0 Å². The van der Waals surface area contributed by atoms with Crippen LogP contribution in [0, 0.1) is 0 Å². The summed E-state index contributed by atoms with van der Waals surface area (Å²) in [4.78, 5) is 0. The zero-order chi connectivity index (χ0) is 14.4. The summed E-state index contributed by atoms with van der Waals surface area (Å²) in [5.74, 6) is 0.807. The Bertz CT molecular complexity index is 505. The van der Waals surface area contributed by atoms with Crippen LogP contribution in [-0.2, 0) is 6.42 Å². The minimum atomic E-state index is -0.418. The van der Waals surface area contributed by atoms with Crippen molar-refractivity contribution in [2.24, 2.45) is 0 Å². The Kier molecular flexibility index (Phi) is 5.19. The molecular weight excluding hydrogens is 248 g/mol. The van der Waals surface area contributed by atoms with Gasteiger partial charge in [0, 0.05) is 0 Å². The van der Waals surface area contributed by atoms with Crippen LogP contribution in [0.2, 0.25) is 0 Å². The van der Waals surface area contributed by atoms with Crippen LogP contribution < -0.4 is 4.74 Å². The van der Waals surface area contributed by atoms with Gasteiger partial charge in [0.1, 0.15) is 11.9 Å². The monoisotopic (exact) mass is 270 g/mol. The first-order chi connectivity index (χ1) is 9.69. The molecule has 0 radical (unpaired) electrons. The summed E-state index contributed by atoms with van der Waals surface area (Å²) in [6.07, 6.45) is 1.03. The highest BCUT2D eigenvalue weighted by atomic mass is 16.5. The van der Waals surface area contributed by atoms with E-state index < -0.39 is 6.10 Å². The molecule has 0 aliphatic rings. The van der Waals surface area contributed by atoms with E-state index in [4.69, 9.17) is 4.74 Å². The molecule has 106 valence electrons. The standard InChI is InChI=1S/C18H22O2/c1-3-18(19)14(2)20-17-11-9-16(10-12-17)13-15-7-5-4-6-8-15/h4-12,14,18-19H,3,13H2,1-2H3. The molecule has 0 bridgehead atoms. The number of benzene rings is 2. The average Bonchev–Trinajstić information content (AvgIpc) is 2.49. The van der Waals surface area contributed by atoms with Gasteiger partial charge in [-0.2, -0.15) is 0 Å². The van der Waals surface area contributed by atoms with E-state index in [1.807, 2.05) is 32.0 Å². The van der Waals surface area contributed by atoms with E-state index in [1.165, 1.54) is 11.1 Å². The van der Waals surface area contributed by atoms with Crippen molar-refractivity contribution < 1.29 is 9.84 Å². The molecule has 0 heterocycles. The fourth-order valence-electron chi connectivity index (χ4n) is 2.14. The number of rotatable bonds is 6. The molecule has 2 heteroatoms. The quantitative estimate of drug-likeness (QED) is 0.864. The third-order valence-corrected chi connectivity index (χ3v) is 3.46. The number of aliphatic hydroxyl groups is 1. The highest BCUT2D eigenvalue weighted by Gasteiger charge is 2.13. The third-order valence-electron chi connectivity index (χ3n) is 3.46. The van der Waals surface area contributed by atoms with E-state index in [-0.39, 0.29) is 6.10 Å². The highest BCUT2D eigenvalue weighted by Crippen LogP contribution is 2.17. The van der Waals surface area contributed by atoms with Crippen LogP contribution in [0.4, 0.5) is 0 Å². The molecule has 0 fully saturated rings. The van der Waals surface area contributed by atoms with Gasteiger partial charge in [0.25, 0.3) is 0 Å². The van der Waals surface area contributed by atoms with Gasteiger partial charge in [-0.15, -0.1) is 0 Å². The summed E-state index contributed by atoms with van der Waals surface area (Å²) in [6, 6.07) is 18.5. The van der Waals surface area contributed by atoms with Gasteiger partial charge in [-0.3, -0.25) is 0 Å². The largest absolute Gasteiger partial charge is 0.488 e. The third kappa shape index (κ3) is 4.10. The van der Waals surface area contributed by atoms with Gasteiger partial charge in [0.05, 0.1) is 6.10 Å². The number of hydrogen-bond acceptors (Lipinski definition) is 2. The summed E-state index contributed by atoms with van der Waals surface area (Å²) < 4.78 is 5.72. The SMILES string of the molecule is CCC(O)C(C)Oc1ccc(Cc2ccccc2)cc1. The lowest BCUT2D eigenvalue weighted by atomic mass is 10.1. The topological polar surface area (TPSA) is 29.5 Å². The smallest absolute Gasteiger partial charge is 0.122 e. The fraction of sp³-hybridized carbons (Fsp3) is 0.333. The van der Waals surface area contributed by atoms with Gasteiger partial charge in [-0.1, -0.05) is 49.4 Å². The molecule has 2 aromatic carbocycles. The number of aliphatic hydroxyl groups excluding tert-OH is 1. The summed E-state index contributed by atoms with van der Waals surface area (Å²) >= 11 is 0. The van der Waals surface area contributed by atoms with Gasteiger partial charge in [0.2, 0.25) is 0 Å². The fourth-order valence-corrected chi connectivity index (χ4v) is 2.14. The molecular formula is C18H22O2. The van der Waals surface area contributed by atoms with E-state index in [1.54, 1.807) is 0 Å². The molecule has 2 nitrogen and oxygen atoms in total. The second-order valence-electron chi connectivity index (χ2n) is 5.10. The number of ether oxygens (including phenoxy) is 1. The zero-order valence-electron chi connectivity index (χ0n) is 12.1. The molecule has 0 aliphatic carbocycles. The van der Waals surface area contributed by atoms with Crippen LogP contribution in [0.5, 0.6) is 5.75 Å². The van der Waals surface area contributed by atoms with E-state index in [9.17, 15) is 5.11 Å². The van der Waals surface area contributed by atoms with E-state index in [0.717, 1.165) is 12.2 Å². The van der Waals surface area contributed by atoms with Crippen molar-refractivity contribution in [2.75, 3.05) is 0 Å². The van der Waals surface area contributed by atoms with Crippen molar-refractivity contribution in [3.8, 4) is 5.75 Å². The Morgan fingerprint density at radius 1 is 0.950 bits per heavy atom. The molecule has 1 N–H and O–H groups in total. The maximum absolute atomic E-state index is 9.71. The summed E-state index contributed by atoms with van der Waals surface area (Å²) in [6.45, 7) is 3.85. The van der Waals surface area contributed by atoms with Crippen molar-refractivity contribution in [1.82, 2.24) is 0 Å². The molecule has 20 heavy (non-hydrogen) atoms. The molecule has 0 amide bonds. The molecule has 2 aromatic rings. The molecule has 0 saturated heterocycles. The first kappa shape index (κ1) is 14.6. The lowest BCUT2D eigenvalue weighted by Gasteiger charge is -2.19. The number of hydrogen-bond donors (Lipinski definition) is 1. The van der Waals surface area contributed by atoms with Crippen LogP contribution in [0.25, 0.3) is 0 Å². The van der Waals surface area contributed by atoms with Crippen molar-refractivity contribution >= 4 is 0 Å². The van der Waals surface area contributed by atoms with Gasteiger partial charge in [-0.05, 0) is 43.0 Å². The Labute approximate surface area is 121 Å². The van der Waals surface area contributed by atoms with Crippen LogP contribution in [-0.4, -0.2) is 17.3 Å². The van der Waals surface area contributed by atoms with Crippen molar-refractivity contribution in [1.29, 1.82) is 0 Å². The molecule has 0 aromatic heterocycles. The predicted molar refractivity (Wildman–Crippen MR) is 82.1 cm³/mol. The van der Waals surface area contributed by atoms with Crippen molar-refractivity contribution in [2.45, 2.75) is 38.9 Å². The van der Waals surface area contributed by atoms with Crippen molar-refractivity contribution in [3.63, 3.8) is 0 Å². The highest BCUT2D eigenvalue weighted by molar-refractivity contribution is 5.31. The minimum Gasteiger partial charge on any atom is -0.488 e. The minimum absolute atomic E-state index is 0.181. The molecule has 0 spiro atoms. The summed E-state index contributed by atoms with van der Waals surface area (Å²) in [5.41, 5.74) is 2.56. The second-order valence-corrected chi connectivity index (χ2v) is 5.10. The maximum Gasteiger partial charge on any atom is 0.122 e. The van der Waals surface area contributed by atoms with E-state index in [0.29, 0.717) is 6.42 Å². The van der Waals surface area contributed by atoms with Crippen LogP contribution >= 0.6 is 0 Å². The van der Waals surface area contributed by atoms with Crippen molar-refractivity contribution in [3.05, 3.63) is 65.7 Å². The lowest BCUT2D eigenvalue weighted by molar-refractivity contribution is 0.0451. The van der Waals surface area contributed by atoms with Gasteiger partial charge < -0.3 is 9.84 Å². The molecule has 0 aliphatic heterocycles. The van der Waals surface area contributed by atoms with Crippen LogP contribution in [0.15, 0.2) is 54.6 Å². The molecule has 2 unspecified atom stereocenters. The normalized spacial score (nSPS) is 13.8. The van der Waals surface area contributed by atoms with Gasteiger partial charge in [0.15, 0.2) is 0 Å². The first-order valence-electron chi connectivity index (χ1n) is 7.16. The summed E-state index contributed by atoms with van der Waals surface area (Å²) in [7, 11) is 0. The van der Waals surface area contributed by atoms with E-state index >= 15 is 0 Å². The molecule has 2 rings (SSSR count). The van der Waals surface area contributed by atoms with Crippen LogP contribution in [0.3, 0.4) is 0 Å².